The Morgan fingerprint density at radius 1 is 0.913 bits per heavy atom. The number of piperazine rings is 1. The number of rotatable bonds is 2. The van der Waals surface area contributed by atoms with Gasteiger partial charge in [0.05, 0.1) is 0 Å². The Balaban J connectivity index is 1.55. The van der Waals surface area contributed by atoms with Crippen molar-refractivity contribution >= 4 is 12.1 Å². The van der Waals surface area contributed by atoms with E-state index in [1.807, 2.05) is 0 Å². The van der Waals surface area contributed by atoms with Crippen LogP contribution in [-0.2, 0) is 0 Å². The van der Waals surface area contributed by atoms with E-state index in [0.717, 1.165) is 25.2 Å². The normalized spacial score (nSPS) is 33.9. The van der Waals surface area contributed by atoms with Gasteiger partial charge in [-0.05, 0) is 49.9 Å². The Kier molecular flexibility index (Phi) is 4.19. The van der Waals surface area contributed by atoms with Gasteiger partial charge in [-0.15, -0.1) is 0 Å². The van der Waals surface area contributed by atoms with Crippen LogP contribution in [0, 0.1) is 11.3 Å². The molecule has 1 saturated heterocycles. The standard InChI is InChI=1S/C17H29N3O3/c1-13(2)16-3-6-17(7-4-16,8-5-16)18-14(21)19-9-11-20(12-10-19)15(22)23/h13H,3-12H2,1-2H3,(H,18,21)(H,22,23). The Morgan fingerprint density at radius 2 is 1.39 bits per heavy atom. The highest BCUT2D eigenvalue weighted by Gasteiger charge is 2.50. The van der Waals surface area contributed by atoms with Crippen molar-refractivity contribution in [2.45, 2.75) is 57.9 Å². The third-order valence-electron chi connectivity index (χ3n) is 6.74. The lowest BCUT2D eigenvalue weighted by atomic mass is 9.53. The molecule has 2 bridgehead atoms. The van der Waals surface area contributed by atoms with Crippen molar-refractivity contribution in [3.05, 3.63) is 0 Å². The van der Waals surface area contributed by atoms with Crippen LogP contribution < -0.4 is 5.32 Å². The Morgan fingerprint density at radius 3 is 1.83 bits per heavy atom. The molecular weight excluding hydrogens is 294 g/mol. The van der Waals surface area contributed by atoms with Crippen LogP contribution in [0.15, 0.2) is 0 Å². The molecule has 4 fully saturated rings. The smallest absolute Gasteiger partial charge is 0.407 e. The minimum Gasteiger partial charge on any atom is -0.465 e. The van der Waals surface area contributed by atoms with Crippen LogP contribution in [-0.4, -0.2) is 58.7 Å². The van der Waals surface area contributed by atoms with Gasteiger partial charge in [0.1, 0.15) is 0 Å². The van der Waals surface area contributed by atoms with E-state index < -0.39 is 6.09 Å². The highest BCUT2D eigenvalue weighted by molar-refractivity contribution is 5.75. The Hall–Kier alpha value is -1.46. The Labute approximate surface area is 138 Å². The van der Waals surface area contributed by atoms with Crippen molar-refractivity contribution in [2.75, 3.05) is 26.2 Å². The van der Waals surface area contributed by atoms with Gasteiger partial charge in [-0.1, -0.05) is 13.8 Å². The highest BCUT2D eigenvalue weighted by Crippen LogP contribution is 2.55. The van der Waals surface area contributed by atoms with Crippen molar-refractivity contribution in [1.29, 1.82) is 0 Å². The van der Waals surface area contributed by atoms with Gasteiger partial charge in [0.15, 0.2) is 0 Å². The quantitative estimate of drug-likeness (QED) is 0.820. The van der Waals surface area contributed by atoms with E-state index in [0.29, 0.717) is 31.6 Å². The second-order valence-corrected chi connectivity index (χ2v) is 7.98. The maximum atomic E-state index is 12.6. The van der Waals surface area contributed by atoms with Crippen LogP contribution in [0.1, 0.15) is 52.4 Å². The minimum atomic E-state index is -0.895. The molecule has 130 valence electrons. The molecule has 4 aliphatic rings. The maximum absolute atomic E-state index is 12.6. The van der Waals surface area contributed by atoms with E-state index in [9.17, 15) is 9.59 Å². The van der Waals surface area contributed by atoms with E-state index in [1.54, 1.807) is 4.90 Å². The summed E-state index contributed by atoms with van der Waals surface area (Å²) in [5, 5.41) is 12.3. The fourth-order valence-corrected chi connectivity index (χ4v) is 4.67. The molecule has 3 aliphatic carbocycles. The van der Waals surface area contributed by atoms with Gasteiger partial charge in [-0.2, -0.15) is 0 Å². The van der Waals surface area contributed by atoms with Crippen LogP contribution in [0.25, 0.3) is 0 Å². The maximum Gasteiger partial charge on any atom is 0.407 e. The summed E-state index contributed by atoms with van der Waals surface area (Å²) in [5.41, 5.74) is 0.483. The van der Waals surface area contributed by atoms with Crippen LogP contribution in [0.5, 0.6) is 0 Å². The summed E-state index contributed by atoms with van der Waals surface area (Å²) in [4.78, 5) is 26.7. The minimum absolute atomic E-state index is 0.00557. The summed E-state index contributed by atoms with van der Waals surface area (Å²) < 4.78 is 0. The lowest BCUT2D eigenvalue weighted by Gasteiger charge is -2.56. The average Bonchev–Trinajstić information content (AvgIpc) is 2.56. The molecule has 6 nitrogen and oxygen atoms in total. The number of hydrogen-bond acceptors (Lipinski definition) is 2. The van der Waals surface area contributed by atoms with Gasteiger partial charge >= 0.3 is 12.1 Å². The molecule has 2 N–H and O–H groups in total. The molecule has 4 rings (SSSR count). The van der Waals surface area contributed by atoms with Gasteiger partial charge in [0, 0.05) is 31.7 Å². The summed E-state index contributed by atoms with van der Waals surface area (Å²) in [6.07, 6.45) is 6.03. The van der Waals surface area contributed by atoms with E-state index in [2.05, 4.69) is 19.2 Å². The molecule has 6 heteroatoms. The molecular formula is C17H29N3O3. The van der Waals surface area contributed by atoms with Gasteiger partial charge in [-0.3, -0.25) is 0 Å². The summed E-state index contributed by atoms with van der Waals surface area (Å²) in [7, 11) is 0. The van der Waals surface area contributed by atoms with Gasteiger partial charge in [0.25, 0.3) is 0 Å². The lowest BCUT2D eigenvalue weighted by Crippen LogP contribution is -2.61. The fourth-order valence-electron chi connectivity index (χ4n) is 4.67. The zero-order valence-corrected chi connectivity index (χ0v) is 14.3. The summed E-state index contributed by atoms with van der Waals surface area (Å²) in [6.45, 7) is 6.46. The molecule has 1 aliphatic heterocycles. The molecule has 0 aromatic rings. The highest BCUT2D eigenvalue weighted by atomic mass is 16.4. The lowest BCUT2D eigenvalue weighted by molar-refractivity contribution is -0.00795. The molecule has 0 unspecified atom stereocenters. The zero-order chi connectivity index (χ0) is 16.7. The molecule has 0 spiro atoms. The van der Waals surface area contributed by atoms with Crippen LogP contribution in [0.3, 0.4) is 0 Å². The second-order valence-electron chi connectivity index (χ2n) is 7.98. The van der Waals surface area contributed by atoms with E-state index >= 15 is 0 Å². The van der Waals surface area contributed by atoms with Crippen LogP contribution in [0.2, 0.25) is 0 Å². The topological polar surface area (TPSA) is 72.9 Å². The van der Waals surface area contributed by atoms with E-state index in [4.69, 9.17) is 5.11 Å². The van der Waals surface area contributed by atoms with Crippen molar-refractivity contribution in [1.82, 2.24) is 15.1 Å². The van der Waals surface area contributed by atoms with Gasteiger partial charge < -0.3 is 20.2 Å². The largest absolute Gasteiger partial charge is 0.465 e. The molecule has 0 aromatic carbocycles. The average molecular weight is 323 g/mol. The number of nitrogens with one attached hydrogen (secondary N) is 1. The van der Waals surface area contributed by atoms with Crippen molar-refractivity contribution in [2.24, 2.45) is 11.3 Å². The van der Waals surface area contributed by atoms with Gasteiger partial charge in [-0.25, -0.2) is 9.59 Å². The molecule has 23 heavy (non-hydrogen) atoms. The first kappa shape index (κ1) is 16.4. The Bertz CT molecular complexity index is 459. The number of carboxylic acid groups (broad SMARTS) is 1. The molecule has 0 aromatic heterocycles. The summed E-state index contributed by atoms with van der Waals surface area (Å²) in [6, 6.07) is -0.00557. The number of nitrogens with zero attached hydrogens (tertiary/aromatic N) is 2. The molecule has 0 atom stereocenters. The van der Waals surface area contributed by atoms with Crippen molar-refractivity contribution < 1.29 is 14.7 Å². The fraction of sp³-hybridized carbons (Fsp3) is 0.882. The zero-order valence-electron chi connectivity index (χ0n) is 14.3. The second kappa shape index (κ2) is 5.87. The third kappa shape index (κ3) is 3.00. The number of carbonyl (C=O) groups is 2. The number of fused-ring (bicyclic) bond motifs is 3. The van der Waals surface area contributed by atoms with Gasteiger partial charge in [0.2, 0.25) is 0 Å². The van der Waals surface area contributed by atoms with Crippen LogP contribution >= 0.6 is 0 Å². The van der Waals surface area contributed by atoms with Crippen LogP contribution in [0.4, 0.5) is 9.59 Å². The van der Waals surface area contributed by atoms with Crippen molar-refractivity contribution in [3.63, 3.8) is 0 Å². The first-order chi connectivity index (χ1) is 10.9. The third-order valence-corrected chi connectivity index (χ3v) is 6.74. The summed E-state index contributed by atoms with van der Waals surface area (Å²) in [5.74, 6) is 0.723. The number of hydrogen-bond donors (Lipinski definition) is 2. The molecule has 0 radical (unpaired) electrons. The number of urea groups is 1. The summed E-state index contributed by atoms with van der Waals surface area (Å²) >= 11 is 0. The first-order valence-electron chi connectivity index (χ1n) is 8.91. The molecule has 3 amide bonds. The van der Waals surface area contributed by atoms with Crippen molar-refractivity contribution in [3.8, 4) is 0 Å². The van der Waals surface area contributed by atoms with E-state index in [-0.39, 0.29) is 11.6 Å². The predicted molar refractivity (Wildman–Crippen MR) is 87.4 cm³/mol. The number of amides is 3. The number of carbonyl (C=O) groups excluding carboxylic acids is 1. The monoisotopic (exact) mass is 323 g/mol. The SMILES string of the molecule is CC(C)C12CCC(NC(=O)N3CCN(C(=O)O)CC3)(CC1)CC2. The molecule has 3 saturated carbocycles. The molecule has 1 heterocycles. The predicted octanol–water partition coefficient (Wildman–Crippen LogP) is 2.74. The van der Waals surface area contributed by atoms with E-state index in [1.165, 1.54) is 24.2 Å². The first-order valence-corrected chi connectivity index (χ1v) is 8.91.